The van der Waals surface area contributed by atoms with Gasteiger partial charge in [-0.1, -0.05) is 25.4 Å². The lowest BCUT2D eigenvalue weighted by Gasteiger charge is -2.42. The average molecular weight is 646 g/mol. The van der Waals surface area contributed by atoms with E-state index in [9.17, 15) is 13.5 Å². The largest absolute Gasteiger partial charge is 0.488 e. The zero-order valence-corrected chi connectivity index (χ0v) is 28.0. The molecule has 0 radical (unpaired) electrons. The van der Waals surface area contributed by atoms with Gasteiger partial charge < -0.3 is 20.5 Å². The second-order valence-electron chi connectivity index (χ2n) is 13.1. The summed E-state index contributed by atoms with van der Waals surface area (Å²) < 4.78 is 33.9. The highest BCUT2D eigenvalue weighted by Crippen LogP contribution is 2.41. The number of sulfone groups is 1. The fourth-order valence-electron chi connectivity index (χ4n) is 5.66. The van der Waals surface area contributed by atoms with Crippen LogP contribution in [0.4, 0.5) is 23.1 Å². The van der Waals surface area contributed by atoms with E-state index in [0.29, 0.717) is 17.6 Å². The number of aliphatic hydroxyl groups is 1. The Balaban J connectivity index is 1.39. The van der Waals surface area contributed by atoms with Crippen molar-refractivity contribution in [2.45, 2.75) is 82.9 Å². The molecule has 1 aliphatic heterocycles. The van der Waals surface area contributed by atoms with E-state index in [1.807, 2.05) is 13.8 Å². The number of nitrogens with zero attached hydrogens (tertiary/aromatic N) is 5. The first-order chi connectivity index (χ1) is 20.8. The number of piperidine rings is 1. The van der Waals surface area contributed by atoms with Crippen LogP contribution in [0.1, 0.15) is 70.4 Å². The van der Waals surface area contributed by atoms with Crippen molar-refractivity contribution in [2.24, 2.45) is 13.0 Å². The molecule has 3 aromatic rings. The molecule has 3 N–H and O–H groups in total. The molecule has 2 aliphatic rings. The van der Waals surface area contributed by atoms with Crippen molar-refractivity contribution >= 4 is 44.6 Å². The van der Waals surface area contributed by atoms with Crippen molar-refractivity contribution in [1.82, 2.24) is 24.6 Å². The highest BCUT2D eigenvalue weighted by Gasteiger charge is 2.32. The number of aliphatic hydroxyl groups excluding tert-OH is 1. The maximum absolute atomic E-state index is 13.0. The summed E-state index contributed by atoms with van der Waals surface area (Å²) in [5.41, 5.74) is 3.26. The van der Waals surface area contributed by atoms with Crippen LogP contribution < -0.4 is 15.4 Å². The normalized spacial score (nSPS) is 16.8. The van der Waals surface area contributed by atoms with E-state index >= 15 is 0 Å². The molecule has 0 atom stereocenters. The van der Waals surface area contributed by atoms with Crippen molar-refractivity contribution in [2.75, 3.05) is 36.1 Å². The van der Waals surface area contributed by atoms with E-state index < -0.39 is 9.84 Å². The lowest BCUT2D eigenvalue weighted by atomic mass is 9.85. The lowest BCUT2D eigenvalue weighted by molar-refractivity contribution is 0.0378. The SMILES string of the molecule is Cc1cc(Nc2ncc(Cl)c(Nc3cn(C)nc3S(=O)(=O)CC(C)C)n2)c(OC2CC2)cc1C1CCN(C(C)(C)CO)CC1. The van der Waals surface area contributed by atoms with Gasteiger partial charge in [-0.2, -0.15) is 10.1 Å². The molecule has 240 valence electrons. The first-order valence-electron chi connectivity index (χ1n) is 15.3. The molecule has 0 bridgehead atoms. The van der Waals surface area contributed by atoms with Gasteiger partial charge in [0.2, 0.25) is 11.0 Å². The van der Waals surface area contributed by atoms with Crippen molar-refractivity contribution in [3.63, 3.8) is 0 Å². The number of aromatic nitrogens is 4. The zero-order valence-electron chi connectivity index (χ0n) is 26.4. The molecule has 0 amide bonds. The smallest absolute Gasteiger partial charge is 0.229 e. The number of nitrogens with one attached hydrogen (secondary N) is 2. The van der Waals surface area contributed by atoms with Gasteiger partial charge >= 0.3 is 0 Å². The average Bonchev–Trinajstić information content (AvgIpc) is 3.70. The van der Waals surface area contributed by atoms with Gasteiger partial charge in [0.05, 0.1) is 36.0 Å². The number of aryl methyl sites for hydroxylation is 2. The summed E-state index contributed by atoms with van der Waals surface area (Å²) in [4.78, 5) is 11.4. The third-order valence-electron chi connectivity index (χ3n) is 8.25. The first kappa shape index (κ1) is 32.5. The number of rotatable bonds is 12. The topological polar surface area (TPSA) is 134 Å². The predicted molar refractivity (Wildman–Crippen MR) is 173 cm³/mol. The molecule has 1 aromatic carbocycles. The van der Waals surface area contributed by atoms with Gasteiger partial charge in [-0.05, 0) is 94.6 Å². The summed E-state index contributed by atoms with van der Waals surface area (Å²) in [5.74, 6) is 1.63. The molecular weight excluding hydrogens is 602 g/mol. The number of likely N-dealkylation sites (tertiary alicyclic amines) is 1. The minimum absolute atomic E-state index is 0.0259. The van der Waals surface area contributed by atoms with Crippen LogP contribution in [-0.2, 0) is 16.9 Å². The first-order valence-corrected chi connectivity index (χ1v) is 17.3. The van der Waals surface area contributed by atoms with E-state index in [-0.39, 0.29) is 45.8 Å². The van der Waals surface area contributed by atoms with E-state index in [2.05, 4.69) is 63.5 Å². The molecule has 44 heavy (non-hydrogen) atoms. The number of benzene rings is 1. The van der Waals surface area contributed by atoms with Crippen LogP contribution in [-0.4, -0.2) is 75.3 Å². The molecule has 11 nitrogen and oxygen atoms in total. The van der Waals surface area contributed by atoms with Gasteiger partial charge in [0.25, 0.3) is 0 Å². The van der Waals surface area contributed by atoms with E-state index in [1.165, 1.54) is 16.4 Å². The monoisotopic (exact) mass is 645 g/mol. The molecule has 1 aliphatic carbocycles. The van der Waals surface area contributed by atoms with Crippen molar-refractivity contribution < 1.29 is 18.3 Å². The third kappa shape index (κ3) is 7.47. The molecule has 2 aromatic heterocycles. The summed E-state index contributed by atoms with van der Waals surface area (Å²) in [6.07, 6.45) is 7.33. The van der Waals surface area contributed by atoms with E-state index in [0.717, 1.165) is 55.8 Å². The van der Waals surface area contributed by atoms with Crippen LogP contribution in [0.25, 0.3) is 0 Å². The van der Waals surface area contributed by atoms with Crippen LogP contribution >= 0.6 is 11.6 Å². The summed E-state index contributed by atoms with van der Waals surface area (Å²) in [6, 6.07) is 4.24. The van der Waals surface area contributed by atoms with Crippen LogP contribution in [0, 0.1) is 12.8 Å². The lowest BCUT2D eigenvalue weighted by Crippen LogP contribution is -2.50. The Morgan fingerprint density at radius 3 is 2.48 bits per heavy atom. The van der Waals surface area contributed by atoms with Crippen molar-refractivity contribution in [1.29, 1.82) is 0 Å². The number of hydrogen-bond acceptors (Lipinski definition) is 10. The number of halogens is 1. The number of ether oxygens (including phenoxy) is 1. The minimum Gasteiger partial charge on any atom is -0.488 e. The maximum Gasteiger partial charge on any atom is 0.229 e. The number of anilines is 4. The molecular formula is C31H44ClN7O4S. The van der Waals surface area contributed by atoms with Gasteiger partial charge in [0.1, 0.15) is 10.8 Å². The number of hydrogen-bond donors (Lipinski definition) is 3. The Morgan fingerprint density at radius 2 is 1.84 bits per heavy atom. The van der Waals surface area contributed by atoms with Crippen LogP contribution in [0.15, 0.2) is 29.6 Å². The Kier molecular flexibility index (Phi) is 9.46. The summed E-state index contributed by atoms with van der Waals surface area (Å²) in [5, 5.41) is 20.6. The molecule has 13 heteroatoms. The Morgan fingerprint density at radius 1 is 1.14 bits per heavy atom. The minimum atomic E-state index is -3.63. The molecule has 0 spiro atoms. The second kappa shape index (κ2) is 12.8. The molecule has 5 rings (SSSR count). The Hall–Kier alpha value is -2.93. The molecule has 3 heterocycles. The Labute approximate surface area is 265 Å². The Bertz CT molecular complexity index is 1600. The highest BCUT2D eigenvalue weighted by molar-refractivity contribution is 7.91. The van der Waals surface area contributed by atoms with Crippen molar-refractivity contribution in [3.8, 4) is 5.75 Å². The van der Waals surface area contributed by atoms with Gasteiger partial charge in [0, 0.05) is 18.8 Å². The fourth-order valence-corrected chi connectivity index (χ4v) is 7.53. The summed E-state index contributed by atoms with van der Waals surface area (Å²) in [6.45, 7) is 12.0. The summed E-state index contributed by atoms with van der Waals surface area (Å²) in [7, 11) is -1.96. The van der Waals surface area contributed by atoms with E-state index in [4.69, 9.17) is 16.3 Å². The fraction of sp³-hybridized carbons (Fsp3) is 0.581. The van der Waals surface area contributed by atoms with Gasteiger partial charge in [0.15, 0.2) is 15.7 Å². The zero-order chi connectivity index (χ0) is 31.8. The van der Waals surface area contributed by atoms with E-state index in [1.54, 1.807) is 13.2 Å². The standard InChI is InChI=1S/C31H44ClN7O4S/c1-19(2)17-44(41,42)29-26(16-38(6)37-29)34-28-24(32)15-33-30(36-28)35-25-13-20(3)23(14-27(25)43-22-7-8-22)21-9-11-39(12-10-21)31(4,5)18-40/h13-16,19,21-22,40H,7-12,17-18H2,1-6H3,(H2,33,34,35,36). The second-order valence-corrected chi connectivity index (χ2v) is 15.4. The summed E-state index contributed by atoms with van der Waals surface area (Å²) >= 11 is 6.46. The predicted octanol–water partition coefficient (Wildman–Crippen LogP) is 5.58. The maximum atomic E-state index is 13.0. The molecule has 2 fully saturated rings. The van der Waals surface area contributed by atoms with Crippen LogP contribution in [0.3, 0.4) is 0 Å². The van der Waals surface area contributed by atoms with Gasteiger partial charge in [-0.25, -0.2) is 13.4 Å². The third-order valence-corrected chi connectivity index (χ3v) is 10.5. The van der Waals surface area contributed by atoms with Crippen LogP contribution in [0.5, 0.6) is 5.75 Å². The van der Waals surface area contributed by atoms with Gasteiger partial charge in [-0.15, -0.1) is 0 Å². The van der Waals surface area contributed by atoms with Gasteiger partial charge in [-0.3, -0.25) is 9.58 Å². The molecule has 0 unspecified atom stereocenters. The molecule has 1 saturated carbocycles. The van der Waals surface area contributed by atoms with Crippen LogP contribution in [0.2, 0.25) is 5.02 Å². The molecule has 1 saturated heterocycles. The highest BCUT2D eigenvalue weighted by atomic mass is 35.5. The van der Waals surface area contributed by atoms with Crippen molar-refractivity contribution in [3.05, 3.63) is 40.7 Å². The quantitative estimate of drug-likeness (QED) is 0.229.